The van der Waals surface area contributed by atoms with Gasteiger partial charge < -0.3 is 10.6 Å². The second-order valence-corrected chi connectivity index (χ2v) is 7.95. The quantitative estimate of drug-likeness (QED) is 0.395. The fourth-order valence-electron chi connectivity index (χ4n) is 4.03. The molecule has 0 spiro atoms. The van der Waals surface area contributed by atoms with Crippen molar-refractivity contribution in [3.8, 4) is 0 Å². The molecule has 4 rings (SSSR count). The Balaban J connectivity index is 0.00000149. The van der Waals surface area contributed by atoms with Crippen LogP contribution in [0.2, 0.25) is 0 Å². The van der Waals surface area contributed by atoms with Gasteiger partial charge in [-0.05, 0) is 29.2 Å². The maximum Gasteiger partial charge on any atom is 0.211 e. The number of hydrogen-bond acceptors (Lipinski definition) is 4. The van der Waals surface area contributed by atoms with Crippen LogP contribution in [0.4, 0.5) is 0 Å². The topological polar surface area (TPSA) is 58.2 Å². The van der Waals surface area contributed by atoms with E-state index in [2.05, 4.69) is 47.9 Å². The highest BCUT2D eigenvalue weighted by Gasteiger charge is 2.31. The Kier molecular flexibility index (Phi) is 8.82. The van der Waals surface area contributed by atoms with Crippen LogP contribution in [0.15, 0.2) is 78.1 Å². The van der Waals surface area contributed by atoms with Crippen LogP contribution in [0.25, 0.3) is 10.8 Å². The van der Waals surface area contributed by atoms with Crippen molar-refractivity contribution in [3.05, 3.63) is 94.8 Å². The monoisotopic (exact) mass is 442 g/mol. The molecule has 0 radical (unpaired) electrons. The van der Waals surface area contributed by atoms with Crippen LogP contribution in [-0.4, -0.2) is 24.7 Å². The molecule has 1 aliphatic rings. The lowest BCUT2D eigenvalue weighted by atomic mass is 9.90. The van der Waals surface area contributed by atoms with E-state index in [1.807, 2.05) is 26.0 Å². The van der Waals surface area contributed by atoms with Crippen LogP contribution < -0.4 is 10.6 Å². The molecule has 0 aromatic heterocycles. The number of carbonyl (C=O) groups is 2. The molecule has 4 nitrogen and oxygen atoms in total. The lowest BCUT2D eigenvalue weighted by molar-refractivity contribution is 0.0962. The highest BCUT2D eigenvalue weighted by molar-refractivity contribution is 6.26. The minimum Gasteiger partial charge on any atom is -0.380 e. The molecule has 0 unspecified atom stereocenters. The van der Waals surface area contributed by atoms with Gasteiger partial charge in [-0.1, -0.05) is 100 Å². The first-order valence-corrected chi connectivity index (χ1v) is 12.1. The van der Waals surface area contributed by atoms with E-state index in [0.29, 0.717) is 35.6 Å². The molecule has 0 bridgehead atoms. The Bertz CT molecular complexity index is 1150. The van der Waals surface area contributed by atoms with Crippen molar-refractivity contribution in [2.75, 3.05) is 13.1 Å². The van der Waals surface area contributed by atoms with E-state index in [9.17, 15) is 9.59 Å². The van der Waals surface area contributed by atoms with Gasteiger partial charge >= 0.3 is 0 Å². The van der Waals surface area contributed by atoms with Crippen molar-refractivity contribution in [3.63, 3.8) is 0 Å². The van der Waals surface area contributed by atoms with Gasteiger partial charge in [0.25, 0.3) is 0 Å². The summed E-state index contributed by atoms with van der Waals surface area (Å²) in [7, 11) is 0. The number of unbranched alkanes of at least 4 members (excludes halogenated alkanes) is 2. The number of rotatable bonds is 9. The van der Waals surface area contributed by atoms with Crippen molar-refractivity contribution < 1.29 is 9.59 Å². The third kappa shape index (κ3) is 5.70. The largest absolute Gasteiger partial charge is 0.380 e. The maximum absolute atomic E-state index is 13.2. The summed E-state index contributed by atoms with van der Waals surface area (Å²) in [4.78, 5) is 26.3. The Morgan fingerprint density at radius 3 is 1.88 bits per heavy atom. The van der Waals surface area contributed by atoms with Gasteiger partial charge in [-0.15, -0.1) is 0 Å². The van der Waals surface area contributed by atoms with E-state index in [4.69, 9.17) is 0 Å². The lowest BCUT2D eigenvalue weighted by Crippen LogP contribution is -2.37. The summed E-state index contributed by atoms with van der Waals surface area (Å²) in [5.74, 6) is -0.230. The normalized spacial score (nSPS) is 12.8. The number of nitrogens with one attached hydrogen (secondary N) is 2. The summed E-state index contributed by atoms with van der Waals surface area (Å²) >= 11 is 0. The van der Waals surface area contributed by atoms with Crippen molar-refractivity contribution in [2.24, 2.45) is 0 Å². The molecule has 0 saturated heterocycles. The summed E-state index contributed by atoms with van der Waals surface area (Å²) in [6.45, 7) is 7.40. The van der Waals surface area contributed by atoms with Gasteiger partial charge in [0.1, 0.15) is 11.4 Å². The molecule has 0 saturated carbocycles. The summed E-state index contributed by atoms with van der Waals surface area (Å²) in [6, 6.07) is 21.8. The Morgan fingerprint density at radius 2 is 1.24 bits per heavy atom. The summed E-state index contributed by atoms with van der Waals surface area (Å²) in [5, 5.41) is 8.94. The number of fused-ring (bicyclic) bond motifs is 2. The van der Waals surface area contributed by atoms with E-state index >= 15 is 0 Å². The Morgan fingerprint density at radius 1 is 0.667 bits per heavy atom. The van der Waals surface area contributed by atoms with Gasteiger partial charge in [0.2, 0.25) is 11.6 Å². The van der Waals surface area contributed by atoms with E-state index < -0.39 is 0 Å². The van der Waals surface area contributed by atoms with E-state index in [1.54, 1.807) is 24.3 Å². The second-order valence-electron chi connectivity index (χ2n) is 7.95. The third-order valence-electron chi connectivity index (χ3n) is 5.73. The van der Waals surface area contributed by atoms with E-state index in [1.165, 1.54) is 16.3 Å². The van der Waals surface area contributed by atoms with Gasteiger partial charge in [0.05, 0.1) is 0 Å². The molecule has 4 heteroatoms. The molecular weight excluding hydrogens is 408 g/mol. The summed E-state index contributed by atoms with van der Waals surface area (Å²) < 4.78 is 0. The zero-order valence-corrected chi connectivity index (χ0v) is 19.9. The van der Waals surface area contributed by atoms with Gasteiger partial charge in [0, 0.05) is 24.2 Å². The zero-order chi connectivity index (χ0) is 23.6. The molecule has 0 atom stereocenters. The summed E-state index contributed by atoms with van der Waals surface area (Å²) in [5.41, 5.74) is 2.93. The molecular formula is C29H34N2O2. The van der Waals surface area contributed by atoms with Gasteiger partial charge in [-0.25, -0.2) is 0 Å². The smallest absolute Gasteiger partial charge is 0.211 e. The van der Waals surface area contributed by atoms with E-state index in [-0.39, 0.29) is 11.6 Å². The number of benzene rings is 3. The molecule has 3 aromatic carbocycles. The Labute approximate surface area is 197 Å². The zero-order valence-electron chi connectivity index (χ0n) is 19.9. The fourth-order valence-corrected chi connectivity index (χ4v) is 4.03. The first-order chi connectivity index (χ1) is 16.2. The summed E-state index contributed by atoms with van der Waals surface area (Å²) in [6.07, 6.45) is 3.92. The van der Waals surface area contributed by atoms with Gasteiger partial charge in [-0.3, -0.25) is 9.59 Å². The van der Waals surface area contributed by atoms with Crippen LogP contribution in [0.3, 0.4) is 0 Å². The SMILES string of the molecule is CC.CCCCCNC1=C(NCCc2ccc3ccccc3c2)C(=O)c2ccccc2C1=O. The first kappa shape index (κ1) is 24.2. The number of ketones is 2. The molecule has 1 aliphatic carbocycles. The predicted octanol–water partition coefficient (Wildman–Crippen LogP) is 6.07. The van der Waals surface area contributed by atoms with Crippen LogP contribution in [0.5, 0.6) is 0 Å². The predicted molar refractivity (Wildman–Crippen MR) is 137 cm³/mol. The molecule has 172 valence electrons. The number of allylic oxidation sites excluding steroid dienone is 2. The number of Topliss-reactive ketones (excluding diaryl/α,β-unsaturated/α-hetero) is 2. The van der Waals surface area contributed by atoms with Crippen molar-refractivity contribution in [1.29, 1.82) is 0 Å². The third-order valence-corrected chi connectivity index (χ3v) is 5.73. The van der Waals surface area contributed by atoms with Crippen molar-refractivity contribution >= 4 is 22.3 Å². The molecule has 3 aromatic rings. The molecule has 0 amide bonds. The highest BCUT2D eigenvalue weighted by atomic mass is 16.1. The number of hydrogen-bond donors (Lipinski definition) is 2. The molecule has 2 N–H and O–H groups in total. The average Bonchev–Trinajstić information content (AvgIpc) is 2.87. The van der Waals surface area contributed by atoms with E-state index in [0.717, 1.165) is 25.7 Å². The van der Waals surface area contributed by atoms with Crippen molar-refractivity contribution in [2.45, 2.75) is 46.5 Å². The molecule has 33 heavy (non-hydrogen) atoms. The van der Waals surface area contributed by atoms with Crippen LogP contribution in [0.1, 0.15) is 66.3 Å². The van der Waals surface area contributed by atoms with Crippen LogP contribution in [0, 0.1) is 0 Å². The number of carbonyl (C=O) groups excluding carboxylic acids is 2. The molecule has 0 aliphatic heterocycles. The maximum atomic E-state index is 13.2. The highest BCUT2D eigenvalue weighted by Crippen LogP contribution is 2.24. The van der Waals surface area contributed by atoms with Gasteiger partial charge in [0.15, 0.2) is 0 Å². The van der Waals surface area contributed by atoms with Gasteiger partial charge in [-0.2, -0.15) is 0 Å². The fraction of sp³-hybridized carbons (Fsp3) is 0.310. The first-order valence-electron chi connectivity index (χ1n) is 12.1. The minimum absolute atomic E-state index is 0.111. The molecule has 0 fully saturated rings. The standard InChI is InChI=1S/C27H28N2O2.C2H6/c1-2-3-8-16-28-24-25(27(31)23-12-7-6-11-22(23)26(24)30)29-17-15-19-13-14-20-9-4-5-10-21(20)18-19;1-2/h4-7,9-14,18,28-29H,2-3,8,15-17H2,1H3;1-2H3. The average molecular weight is 443 g/mol. The minimum atomic E-state index is -0.119. The second kappa shape index (κ2) is 12.0. The van der Waals surface area contributed by atoms with Crippen LogP contribution in [-0.2, 0) is 6.42 Å². The van der Waals surface area contributed by atoms with Crippen molar-refractivity contribution in [1.82, 2.24) is 10.6 Å². The lowest BCUT2D eigenvalue weighted by Gasteiger charge is -2.23. The van der Waals surface area contributed by atoms with Crippen LogP contribution >= 0.6 is 0 Å². The molecule has 0 heterocycles. The Hall–Kier alpha value is -3.40.